The minimum Gasteiger partial charge on any atom is -0.308 e. The first-order valence-electron chi connectivity index (χ1n) is 18.1. The van der Waals surface area contributed by atoms with Crippen LogP contribution in [0.4, 0.5) is 0 Å². The number of rotatable bonds is 4. The van der Waals surface area contributed by atoms with Gasteiger partial charge in [0.15, 0.2) is 0 Å². The number of benzene rings is 3. The first-order valence-corrected chi connectivity index (χ1v) is 19.0. The molecular formula is C48H43NS. The van der Waals surface area contributed by atoms with Crippen LogP contribution < -0.4 is 0 Å². The standard InChI is InChI=1S/C48H43NS/c1-6-7-21-41(33-16-8-9-17-34(31(3)28-33)32-24-27-44-38(29-32)36-19-11-13-23-43(36)50-44)49-42-22-12-10-18-35(42)37-25-26-40-46(47(37)49)45-30(2)15-14-20-39(45)48(40,4)5/h6-14,16-18,20-30,36H,15,19H2,1-5H3/b7-6-,9-8?,16-8+,17-9+,31-28?,33-16?,33-28-,34-17?,34-31-,41-21+. The lowest BCUT2D eigenvalue weighted by molar-refractivity contribution is 0.643. The van der Waals surface area contributed by atoms with Gasteiger partial charge in [-0.25, -0.2) is 0 Å². The number of hydrogen-bond donors (Lipinski definition) is 0. The number of nitrogens with zero attached hydrogens (tertiary/aromatic N) is 1. The zero-order chi connectivity index (χ0) is 34.1. The molecule has 0 saturated carbocycles. The molecule has 4 aliphatic carbocycles. The molecule has 0 spiro atoms. The maximum Gasteiger partial charge on any atom is 0.0619 e. The molecule has 50 heavy (non-hydrogen) atoms. The summed E-state index contributed by atoms with van der Waals surface area (Å²) in [6, 6.07) is 20.9. The van der Waals surface area contributed by atoms with Crippen LogP contribution in [0, 0.1) is 5.92 Å². The Bertz CT molecular complexity index is 2450. The van der Waals surface area contributed by atoms with Gasteiger partial charge in [-0.05, 0) is 112 Å². The predicted octanol–water partition coefficient (Wildman–Crippen LogP) is 13.4. The summed E-state index contributed by atoms with van der Waals surface area (Å²) in [7, 11) is 0. The van der Waals surface area contributed by atoms with Gasteiger partial charge in [-0.15, -0.1) is 0 Å². The lowest BCUT2D eigenvalue weighted by Crippen LogP contribution is -2.17. The molecule has 2 heteroatoms. The van der Waals surface area contributed by atoms with Crippen molar-refractivity contribution in [2.75, 3.05) is 0 Å². The maximum absolute atomic E-state index is 2.58. The number of allylic oxidation sites excluding steroid dienone is 20. The van der Waals surface area contributed by atoms with Crippen molar-refractivity contribution >= 4 is 50.4 Å². The lowest BCUT2D eigenvalue weighted by Gasteiger charge is -2.25. The van der Waals surface area contributed by atoms with E-state index in [9.17, 15) is 0 Å². The van der Waals surface area contributed by atoms with E-state index in [1.165, 1.54) is 87.4 Å². The van der Waals surface area contributed by atoms with Gasteiger partial charge in [0.2, 0.25) is 0 Å². The summed E-state index contributed by atoms with van der Waals surface area (Å²) in [6.07, 6.45) is 31.9. The number of thioether (sulfide) groups is 1. The van der Waals surface area contributed by atoms with Crippen molar-refractivity contribution in [2.24, 2.45) is 5.92 Å². The molecule has 3 aromatic carbocycles. The van der Waals surface area contributed by atoms with Crippen molar-refractivity contribution in [2.45, 2.75) is 63.7 Å². The molecule has 0 radical (unpaired) electrons. The molecule has 5 aliphatic rings. The van der Waals surface area contributed by atoms with E-state index in [1.54, 1.807) is 0 Å². The van der Waals surface area contributed by atoms with Crippen LogP contribution >= 0.6 is 11.8 Å². The number of aromatic nitrogens is 1. The molecule has 0 bridgehead atoms. The SMILES string of the molecule is C/C=C\C=C(C1=C\C(C)=C(c2ccc3c(c2)C2CC=CC=C2S3)\C=C\C=C\1)\n1c2ccccc2c2ccc3c(c21)C1=C(C=CCC1C)C3(C)C. The van der Waals surface area contributed by atoms with E-state index in [2.05, 4.69) is 173 Å². The highest BCUT2D eigenvalue weighted by Gasteiger charge is 2.41. The normalized spacial score (nSPS) is 26.0. The van der Waals surface area contributed by atoms with Crippen LogP contribution in [0.3, 0.4) is 0 Å². The van der Waals surface area contributed by atoms with Crippen LogP contribution in [-0.2, 0) is 5.41 Å². The molecule has 2 atom stereocenters. The van der Waals surface area contributed by atoms with Crippen molar-refractivity contribution < 1.29 is 0 Å². The van der Waals surface area contributed by atoms with E-state index in [0.29, 0.717) is 11.8 Å². The highest BCUT2D eigenvalue weighted by atomic mass is 32.2. The molecule has 1 aliphatic heterocycles. The van der Waals surface area contributed by atoms with E-state index in [0.717, 1.165) is 12.8 Å². The van der Waals surface area contributed by atoms with Gasteiger partial charge in [0.25, 0.3) is 0 Å². The van der Waals surface area contributed by atoms with Crippen molar-refractivity contribution in [3.05, 3.63) is 177 Å². The third-order valence-electron chi connectivity index (χ3n) is 11.5. The first-order chi connectivity index (χ1) is 24.4. The maximum atomic E-state index is 2.58. The smallest absolute Gasteiger partial charge is 0.0619 e. The van der Waals surface area contributed by atoms with Crippen molar-refractivity contribution in [1.29, 1.82) is 0 Å². The van der Waals surface area contributed by atoms with Crippen LogP contribution in [-0.4, -0.2) is 4.57 Å². The van der Waals surface area contributed by atoms with Crippen LogP contribution in [0.1, 0.15) is 75.6 Å². The van der Waals surface area contributed by atoms with Gasteiger partial charge in [0.1, 0.15) is 0 Å². The number of fused-ring (bicyclic) bond motifs is 9. The summed E-state index contributed by atoms with van der Waals surface area (Å²) in [4.78, 5) is 2.88. The molecule has 2 unspecified atom stereocenters. The second-order valence-electron chi connectivity index (χ2n) is 14.9. The Morgan fingerprint density at radius 2 is 1.78 bits per heavy atom. The highest BCUT2D eigenvalue weighted by molar-refractivity contribution is 8.03. The Hall–Kier alpha value is -4.79. The van der Waals surface area contributed by atoms with Gasteiger partial charge in [-0.3, -0.25) is 0 Å². The monoisotopic (exact) mass is 665 g/mol. The van der Waals surface area contributed by atoms with Crippen LogP contribution in [0.25, 0.3) is 38.6 Å². The van der Waals surface area contributed by atoms with Crippen LogP contribution in [0.15, 0.2) is 160 Å². The fourth-order valence-electron chi connectivity index (χ4n) is 9.01. The van der Waals surface area contributed by atoms with E-state index < -0.39 is 0 Å². The van der Waals surface area contributed by atoms with Crippen molar-refractivity contribution in [3.63, 3.8) is 0 Å². The number of hydrogen-bond acceptors (Lipinski definition) is 1. The third kappa shape index (κ3) is 4.68. The Balaban J connectivity index is 1.27. The average Bonchev–Trinajstić information content (AvgIpc) is 3.73. The fraction of sp³-hybridized carbons (Fsp3) is 0.208. The van der Waals surface area contributed by atoms with E-state index in [-0.39, 0.29) is 5.41 Å². The summed E-state index contributed by atoms with van der Waals surface area (Å²) in [5, 5.41) is 2.62. The zero-order valence-corrected chi connectivity index (χ0v) is 30.4. The molecule has 0 saturated heterocycles. The number of para-hydroxylation sites is 1. The van der Waals surface area contributed by atoms with E-state index >= 15 is 0 Å². The molecule has 1 aromatic heterocycles. The molecule has 2 heterocycles. The summed E-state index contributed by atoms with van der Waals surface area (Å²) < 4.78 is 2.58. The van der Waals surface area contributed by atoms with Gasteiger partial charge >= 0.3 is 0 Å². The van der Waals surface area contributed by atoms with E-state index in [1.807, 2.05) is 11.8 Å². The third-order valence-corrected chi connectivity index (χ3v) is 12.7. The Morgan fingerprint density at radius 1 is 0.920 bits per heavy atom. The summed E-state index contributed by atoms with van der Waals surface area (Å²) in [6.45, 7) is 11.6. The van der Waals surface area contributed by atoms with Gasteiger partial charge in [0, 0.05) is 32.6 Å². The molecule has 0 N–H and O–H groups in total. The lowest BCUT2D eigenvalue weighted by atomic mass is 9.79. The van der Waals surface area contributed by atoms with Gasteiger partial charge in [0.05, 0.1) is 16.7 Å². The molecular weight excluding hydrogens is 623 g/mol. The Labute approximate surface area is 300 Å². The Kier molecular flexibility index (Phi) is 7.44. The molecule has 9 rings (SSSR count). The van der Waals surface area contributed by atoms with Gasteiger partial charge in [-0.1, -0.05) is 136 Å². The summed E-state index contributed by atoms with van der Waals surface area (Å²) in [5.41, 5.74) is 16.1. The van der Waals surface area contributed by atoms with Gasteiger partial charge in [-0.2, -0.15) is 0 Å². The van der Waals surface area contributed by atoms with Crippen molar-refractivity contribution in [3.8, 4) is 0 Å². The molecule has 4 aromatic rings. The summed E-state index contributed by atoms with van der Waals surface area (Å²) in [5.74, 6) is 0.954. The predicted molar refractivity (Wildman–Crippen MR) is 217 cm³/mol. The molecule has 0 fully saturated rings. The fourth-order valence-corrected chi connectivity index (χ4v) is 10.2. The largest absolute Gasteiger partial charge is 0.308 e. The first kappa shape index (κ1) is 31.2. The minimum absolute atomic E-state index is 0.0458. The molecule has 246 valence electrons. The second kappa shape index (κ2) is 11.9. The summed E-state index contributed by atoms with van der Waals surface area (Å²) >= 11 is 1.94. The topological polar surface area (TPSA) is 4.93 Å². The van der Waals surface area contributed by atoms with Crippen LogP contribution in [0.2, 0.25) is 0 Å². The quantitative estimate of drug-likeness (QED) is 0.196. The van der Waals surface area contributed by atoms with Crippen LogP contribution in [0.5, 0.6) is 0 Å². The molecule has 0 amide bonds. The zero-order valence-electron chi connectivity index (χ0n) is 29.6. The Morgan fingerprint density at radius 3 is 2.66 bits per heavy atom. The highest BCUT2D eigenvalue weighted by Crippen LogP contribution is 2.55. The molecule has 1 nitrogen and oxygen atoms in total. The van der Waals surface area contributed by atoms with Crippen molar-refractivity contribution in [1.82, 2.24) is 4.57 Å². The van der Waals surface area contributed by atoms with E-state index in [4.69, 9.17) is 0 Å². The average molecular weight is 666 g/mol. The second-order valence-corrected chi connectivity index (χ2v) is 16.0. The minimum atomic E-state index is -0.0458. The van der Waals surface area contributed by atoms with Gasteiger partial charge < -0.3 is 4.57 Å².